The number of amides is 1. The Hall–Kier alpha value is -2.50. The Bertz CT molecular complexity index is 869. The van der Waals surface area contributed by atoms with Crippen molar-refractivity contribution in [3.8, 4) is 0 Å². The highest BCUT2D eigenvalue weighted by molar-refractivity contribution is 5.79. The Morgan fingerprint density at radius 1 is 0.871 bits per heavy atom. The van der Waals surface area contributed by atoms with E-state index in [1.165, 1.54) is 11.6 Å². The summed E-state index contributed by atoms with van der Waals surface area (Å²) in [6.07, 6.45) is 6.10. The standard InChI is InChI=1S/C26H32FN3O/c27-25-11-5-4-10-24(25)21-29-15-12-23(13-16-29)26(31)30-19-17-28(18-20-30)14-6-9-22-7-2-1-3-8-22/h1-11,23H,12-21H2. The lowest BCUT2D eigenvalue weighted by atomic mass is 9.94. The Balaban J connectivity index is 1.18. The van der Waals surface area contributed by atoms with Crippen molar-refractivity contribution in [2.45, 2.75) is 19.4 Å². The molecule has 2 aliphatic rings. The maximum absolute atomic E-state index is 13.9. The molecule has 0 bridgehead atoms. The van der Waals surface area contributed by atoms with Gasteiger partial charge in [-0.15, -0.1) is 0 Å². The van der Waals surface area contributed by atoms with Crippen LogP contribution in [0.3, 0.4) is 0 Å². The molecular formula is C26H32FN3O. The van der Waals surface area contributed by atoms with Crippen LogP contribution in [0, 0.1) is 11.7 Å². The van der Waals surface area contributed by atoms with Gasteiger partial charge in [-0.25, -0.2) is 4.39 Å². The van der Waals surface area contributed by atoms with Crippen LogP contribution < -0.4 is 0 Å². The molecule has 2 aliphatic heterocycles. The molecule has 31 heavy (non-hydrogen) atoms. The molecule has 4 nitrogen and oxygen atoms in total. The van der Waals surface area contributed by atoms with Gasteiger partial charge in [0, 0.05) is 50.7 Å². The van der Waals surface area contributed by atoms with Gasteiger partial charge in [0.1, 0.15) is 5.82 Å². The lowest BCUT2D eigenvalue weighted by molar-refractivity contribution is -0.138. The Labute approximate surface area is 185 Å². The van der Waals surface area contributed by atoms with Gasteiger partial charge in [0.2, 0.25) is 5.91 Å². The number of hydrogen-bond donors (Lipinski definition) is 0. The van der Waals surface area contributed by atoms with Crippen molar-refractivity contribution >= 4 is 12.0 Å². The molecule has 4 rings (SSSR count). The molecule has 0 saturated carbocycles. The second kappa shape index (κ2) is 10.7. The minimum atomic E-state index is -0.141. The van der Waals surface area contributed by atoms with Crippen LogP contribution in [0.5, 0.6) is 0 Å². The number of piperidine rings is 1. The van der Waals surface area contributed by atoms with Gasteiger partial charge in [-0.05, 0) is 37.6 Å². The fourth-order valence-corrected chi connectivity index (χ4v) is 4.52. The summed E-state index contributed by atoms with van der Waals surface area (Å²) in [5, 5.41) is 0. The molecule has 0 spiro atoms. The van der Waals surface area contributed by atoms with E-state index in [-0.39, 0.29) is 11.7 Å². The van der Waals surface area contributed by atoms with E-state index < -0.39 is 0 Å². The number of hydrogen-bond acceptors (Lipinski definition) is 3. The van der Waals surface area contributed by atoms with Gasteiger partial charge >= 0.3 is 0 Å². The topological polar surface area (TPSA) is 26.8 Å². The maximum atomic E-state index is 13.9. The van der Waals surface area contributed by atoms with Gasteiger partial charge in [0.15, 0.2) is 0 Å². The van der Waals surface area contributed by atoms with E-state index in [9.17, 15) is 9.18 Å². The van der Waals surface area contributed by atoms with Crippen LogP contribution in [-0.4, -0.2) is 66.4 Å². The molecule has 164 valence electrons. The predicted molar refractivity (Wildman–Crippen MR) is 123 cm³/mol. The van der Waals surface area contributed by atoms with Crippen LogP contribution >= 0.6 is 0 Å². The fourth-order valence-electron chi connectivity index (χ4n) is 4.52. The van der Waals surface area contributed by atoms with E-state index in [0.717, 1.165) is 64.2 Å². The normalized spacial score (nSPS) is 19.2. The number of halogens is 1. The van der Waals surface area contributed by atoms with E-state index in [1.54, 1.807) is 6.07 Å². The van der Waals surface area contributed by atoms with E-state index in [2.05, 4.69) is 51.1 Å². The Morgan fingerprint density at radius 3 is 2.26 bits per heavy atom. The third kappa shape index (κ3) is 6.02. The molecule has 2 aromatic carbocycles. The van der Waals surface area contributed by atoms with Crippen LogP contribution in [0.15, 0.2) is 60.7 Å². The summed E-state index contributed by atoms with van der Waals surface area (Å²) in [6, 6.07) is 17.3. The molecule has 2 heterocycles. The predicted octanol–water partition coefficient (Wildman–Crippen LogP) is 3.90. The second-order valence-corrected chi connectivity index (χ2v) is 8.58. The van der Waals surface area contributed by atoms with Gasteiger partial charge in [0.25, 0.3) is 0 Å². The van der Waals surface area contributed by atoms with E-state index in [4.69, 9.17) is 0 Å². The van der Waals surface area contributed by atoms with Crippen molar-refractivity contribution in [2.24, 2.45) is 5.92 Å². The van der Waals surface area contributed by atoms with Gasteiger partial charge in [-0.3, -0.25) is 14.6 Å². The molecule has 0 atom stereocenters. The molecule has 0 radical (unpaired) electrons. The van der Waals surface area contributed by atoms with Gasteiger partial charge in [-0.1, -0.05) is 60.7 Å². The number of piperazine rings is 1. The van der Waals surface area contributed by atoms with Crippen molar-refractivity contribution in [1.29, 1.82) is 0 Å². The largest absolute Gasteiger partial charge is 0.340 e. The van der Waals surface area contributed by atoms with Crippen LogP contribution in [0.2, 0.25) is 0 Å². The summed E-state index contributed by atoms with van der Waals surface area (Å²) in [6.45, 7) is 6.74. The van der Waals surface area contributed by atoms with Crippen LogP contribution in [-0.2, 0) is 11.3 Å². The molecule has 2 aromatic rings. The highest BCUT2D eigenvalue weighted by Gasteiger charge is 2.30. The third-order valence-electron chi connectivity index (χ3n) is 6.45. The van der Waals surface area contributed by atoms with Crippen molar-refractivity contribution in [3.05, 3.63) is 77.6 Å². The van der Waals surface area contributed by atoms with Crippen molar-refractivity contribution < 1.29 is 9.18 Å². The molecule has 0 aliphatic carbocycles. The number of nitrogens with zero attached hydrogens (tertiary/aromatic N) is 3. The van der Waals surface area contributed by atoms with Crippen LogP contribution in [0.25, 0.3) is 6.08 Å². The van der Waals surface area contributed by atoms with E-state index >= 15 is 0 Å². The Morgan fingerprint density at radius 2 is 1.55 bits per heavy atom. The fraction of sp³-hybridized carbons (Fsp3) is 0.423. The number of rotatable bonds is 6. The zero-order valence-corrected chi connectivity index (χ0v) is 18.1. The molecular weight excluding hydrogens is 389 g/mol. The summed E-state index contributed by atoms with van der Waals surface area (Å²) in [4.78, 5) is 19.7. The summed E-state index contributed by atoms with van der Waals surface area (Å²) in [7, 11) is 0. The average Bonchev–Trinajstić information content (AvgIpc) is 2.82. The first-order chi connectivity index (χ1) is 15.2. The van der Waals surface area contributed by atoms with Gasteiger partial charge in [-0.2, -0.15) is 0 Å². The minimum absolute atomic E-state index is 0.112. The number of likely N-dealkylation sites (tertiary alicyclic amines) is 1. The quantitative estimate of drug-likeness (QED) is 0.708. The van der Waals surface area contributed by atoms with Crippen molar-refractivity contribution in [3.63, 3.8) is 0 Å². The lowest BCUT2D eigenvalue weighted by Gasteiger charge is -2.38. The van der Waals surface area contributed by atoms with Crippen molar-refractivity contribution in [1.82, 2.24) is 14.7 Å². The number of benzene rings is 2. The highest BCUT2D eigenvalue weighted by Crippen LogP contribution is 2.22. The first kappa shape index (κ1) is 21.7. The van der Waals surface area contributed by atoms with Gasteiger partial charge < -0.3 is 4.90 Å². The van der Waals surface area contributed by atoms with Crippen LogP contribution in [0.4, 0.5) is 4.39 Å². The molecule has 0 N–H and O–H groups in total. The second-order valence-electron chi connectivity index (χ2n) is 8.58. The highest BCUT2D eigenvalue weighted by atomic mass is 19.1. The molecule has 0 aromatic heterocycles. The molecule has 2 fully saturated rings. The number of carbonyl (C=O) groups excluding carboxylic acids is 1. The average molecular weight is 422 g/mol. The first-order valence-electron chi connectivity index (χ1n) is 11.4. The summed E-state index contributed by atoms with van der Waals surface area (Å²) in [5.41, 5.74) is 1.96. The van der Waals surface area contributed by atoms with Crippen molar-refractivity contribution in [2.75, 3.05) is 45.8 Å². The minimum Gasteiger partial charge on any atom is -0.340 e. The van der Waals surface area contributed by atoms with Gasteiger partial charge in [0.05, 0.1) is 0 Å². The van der Waals surface area contributed by atoms with Crippen LogP contribution in [0.1, 0.15) is 24.0 Å². The monoisotopic (exact) mass is 421 g/mol. The molecule has 2 saturated heterocycles. The lowest BCUT2D eigenvalue weighted by Crippen LogP contribution is -2.51. The maximum Gasteiger partial charge on any atom is 0.225 e. The van der Waals surface area contributed by atoms with E-state index in [1.807, 2.05) is 18.2 Å². The Kier molecular flexibility index (Phi) is 7.49. The smallest absolute Gasteiger partial charge is 0.225 e. The molecule has 0 unspecified atom stereocenters. The third-order valence-corrected chi connectivity index (χ3v) is 6.45. The first-order valence-corrected chi connectivity index (χ1v) is 11.4. The molecule has 5 heteroatoms. The van der Waals surface area contributed by atoms with E-state index in [0.29, 0.717) is 12.5 Å². The zero-order chi connectivity index (χ0) is 21.5. The SMILES string of the molecule is O=C(C1CCN(Cc2ccccc2F)CC1)N1CCN(CC=Cc2ccccc2)CC1. The zero-order valence-electron chi connectivity index (χ0n) is 18.1. The molecule has 1 amide bonds. The number of carbonyl (C=O) groups is 1. The summed E-state index contributed by atoms with van der Waals surface area (Å²) < 4.78 is 13.9. The summed E-state index contributed by atoms with van der Waals surface area (Å²) in [5.74, 6) is 0.281. The summed E-state index contributed by atoms with van der Waals surface area (Å²) >= 11 is 0.